The zero-order chi connectivity index (χ0) is 27.8. The molecule has 2 aliphatic heterocycles. The Morgan fingerprint density at radius 1 is 0.641 bits per heavy atom. The van der Waals surface area contributed by atoms with Gasteiger partial charge in [-0.05, 0) is 0 Å². The van der Waals surface area contributed by atoms with Crippen molar-refractivity contribution in [2.45, 2.75) is 6.10 Å². The van der Waals surface area contributed by atoms with Crippen molar-refractivity contribution in [2.24, 2.45) is 0 Å². The van der Waals surface area contributed by atoms with Crippen LogP contribution in [0.15, 0.2) is 12.7 Å². The molecule has 226 valence electrons. The number of amides is 2. The van der Waals surface area contributed by atoms with Gasteiger partial charge >= 0.3 is 0 Å². The number of rotatable bonds is 4. The second-order valence-corrected chi connectivity index (χ2v) is 8.71. The quantitative estimate of drug-likeness (QED) is 0.247. The molecule has 0 aliphatic carbocycles. The van der Waals surface area contributed by atoms with Gasteiger partial charge in [-0.3, -0.25) is 9.59 Å². The predicted molar refractivity (Wildman–Crippen MR) is 140 cm³/mol. The van der Waals surface area contributed by atoms with Crippen LogP contribution >= 0.6 is 0 Å². The van der Waals surface area contributed by atoms with Gasteiger partial charge in [0.2, 0.25) is 11.8 Å². The van der Waals surface area contributed by atoms with Crippen molar-refractivity contribution >= 4 is 11.8 Å². The molecule has 0 saturated carbocycles. The molecule has 2 bridgehead atoms. The van der Waals surface area contributed by atoms with Gasteiger partial charge in [0.15, 0.2) is 0 Å². The zero-order valence-corrected chi connectivity index (χ0v) is 23.1. The third-order valence-electron chi connectivity index (χ3n) is 5.73. The number of carbonyl (C=O) groups excluding carboxylic acids is 2. The van der Waals surface area contributed by atoms with Crippen LogP contribution in [0.1, 0.15) is 0 Å². The number of hydrogen-bond donors (Lipinski definition) is 0. The van der Waals surface area contributed by atoms with Gasteiger partial charge in [0.1, 0.15) is 19.3 Å². The van der Waals surface area contributed by atoms with E-state index >= 15 is 0 Å². The number of ether oxygens (including phenoxy) is 9. The van der Waals surface area contributed by atoms with E-state index in [1.54, 1.807) is 15.9 Å². The minimum atomic E-state index is -0.548. The summed E-state index contributed by atoms with van der Waals surface area (Å²) >= 11 is 0. The Labute approximate surface area is 231 Å². The fourth-order valence-corrected chi connectivity index (χ4v) is 3.58. The maximum atomic E-state index is 13.0. The Balaban J connectivity index is 2.10. The summed E-state index contributed by atoms with van der Waals surface area (Å²) in [7, 11) is 0. The first-order valence-corrected chi connectivity index (χ1v) is 13.6. The van der Waals surface area contributed by atoms with Gasteiger partial charge in [0.25, 0.3) is 0 Å². The molecule has 0 aromatic heterocycles. The van der Waals surface area contributed by atoms with Gasteiger partial charge in [-0.2, -0.15) is 0 Å². The van der Waals surface area contributed by atoms with E-state index < -0.39 is 6.10 Å². The average molecular weight is 563 g/mol. The summed E-state index contributed by atoms with van der Waals surface area (Å²) < 4.78 is 50.7. The Hall–Kier alpha value is -1.68. The predicted octanol–water partition coefficient (Wildman–Crippen LogP) is -0.625. The van der Waals surface area contributed by atoms with E-state index in [4.69, 9.17) is 42.6 Å². The zero-order valence-electron chi connectivity index (χ0n) is 23.1. The maximum Gasteiger partial charge on any atom is 0.248 e. The highest BCUT2D eigenvalue weighted by Crippen LogP contribution is 2.02. The Morgan fingerprint density at radius 2 is 1.05 bits per heavy atom. The molecule has 39 heavy (non-hydrogen) atoms. The first kappa shape index (κ1) is 33.5. The summed E-state index contributed by atoms with van der Waals surface area (Å²) in [6, 6.07) is 0. The highest BCUT2D eigenvalue weighted by Gasteiger charge is 2.20. The summed E-state index contributed by atoms with van der Waals surface area (Å²) in [6.45, 7) is 10.1. The van der Waals surface area contributed by atoms with E-state index in [-0.39, 0.29) is 38.2 Å². The van der Waals surface area contributed by atoms with Crippen LogP contribution in [0.25, 0.3) is 0 Å². The van der Waals surface area contributed by atoms with Crippen molar-refractivity contribution in [2.75, 3.05) is 138 Å². The summed E-state index contributed by atoms with van der Waals surface area (Å²) in [5.41, 5.74) is 0. The molecular formula is C26H46N2O11. The van der Waals surface area contributed by atoms with Gasteiger partial charge in [0, 0.05) is 26.2 Å². The van der Waals surface area contributed by atoms with Crippen LogP contribution in [0.3, 0.4) is 0 Å². The lowest BCUT2D eigenvalue weighted by Gasteiger charge is -2.25. The van der Waals surface area contributed by atoms with Gasteiger partial charge in [-0.15, -0.1) is 6.58 Å². The van der Waals surface area contributed by atoms with Gasteiger partial charge in [-0.1, -0.05) is 6.08 Å². The van der Waals surface area contributed by atoms with E-state index in [0.29, 0.717) is 112 Å². The fourth-order valence-electron chi connectivity index (χ4n) is 3.58. The van der Waals surface area contributed by atoms with E-state index in [2.05, 4.69) is 6.58 Å². The minimum Gasteiger partial charge on any atom is -0.377 e. The molecule has 2 saturated heterocycles. The first-order valence-electron chi connectivity index (χ1n) is 13.6. The second-order valence-electron chi connectivity index (χ2n) is 8.71. The van der Waals surface area contributed by atoms with E-state index in [9.17, 15) is 9.59 Å². The van der Waals surface area contributed by atoms with Gasteiger partial charge in [0.05, 0.1) is 99.1 Å². The van der Waals surface area contributed by atoms with Crippen LogP contribution in [0, 0.1) is 0 Å². The topological polar surface area (TPSA) is 124 Å². The SMILES string of the molecule is C=CCOCC1COCC(=O)N2CCOCCOCCOCCN(CCOCCOCCOCC2)C(=O)CO1. The first-order chi connectivity index (χ1) is 19.2. The molecule has 0 radical (unpaired) electrons. The molecule has 2 rings (SSSR count). The monoisotopic (exact) mass is 562 g/mol. The molecule has 0 spiro atoms. The molecule has 1 unspecified atom stereocenters. The van der Waals surface area contributed by atoms with Crippen LogP contribution in [0.4, 0.5) is 0 Å². The Morgan fingerprint density at radius 3 is 1.49 bits per heavy atom. The van der Waals surface area contributed by atoms with Crippen molar-refractivity contribution in [1.29, 1.82) is 0 Å². The lowest BCUT2D eigenvalue weighted by Crippen LogP contribution is -2.41. The van der Waals surface area contributed by atoms with E-state index in [0.717, 1.165) is 0 Å². The summed E-state index contributed by atoms with van der Waals surface area (Å²) in [5.74, 6) is -0.412. The third kappa shape index (κ3) is 16.9. The minimum absolute atomic E-state index is 0.0813. The Bertz CT molecular complexity index is 629. The van der Waals surface area contributed by atoms with Crippen molar-refractivity contribution in [3.05, 3.63) is 12.7 Å². The molecular weight excluding hydrogens is 516 g/mol. The van der Waals surface area contributed by atoms with Crippen molar-refractivity contribution in [3.8, 4) is 0 Å². The molecule has 1 atom stereocenters. The molecule has 0 aromatic carbocycles. The van der Waals surface area contributed by atoms with Crippen LogP contribution in [-0.2, 0) is 52.2 Å². The number of nitrogens with zero attached hydrogens (tertiary/aromatic N) is 2. The largest absolute Gasteiger partial charge is 0.377 e. The smallest absolute Gasteiger partial charge is 0.248 e. The van der Waals surface area contributed by atoms with Crippen LogP contribution in [0.2, 0.25) is 0 Å². The maximum absolute atomic E-state index is 13.0. The fraction of sp³-hybridized carbons (Fsp3) is 0.846. The molecule has 13 nitrogen and oxygen atoms in total. The molecule has 2 fully saturated rings. The van der Waals surface area contributed by atoms with Crippen LogP contribution in [0.5, 0.6) is 0 Å². The average Bonchev–Trinajstić information content (AvgIpc) is 2.93. The third-order valence-corrected chi connectivity index (χ3v) is 5.73. The highest BCUT2D eigenvalue weighted by atomic mass is 16.6. The second kappa shape index (κ2) is 23.1. The number of hydrogen-bond acceptors (Lipinski definition) is 11. The highest BCUT2D eigenvalue weighted by molar-refractivity contribution is 5.77. The van der Waals surface area contributed by atoms with Gasteiger partial charge in [-0.25, -0.2) is 0 Å². The molecule has 2 heterocycles. The lowest BCUT2D eigenvalue weighted by molar-refractivity contribution is -0.146. The normalized spacial score (nSPS) is 24.4. The van der Waals surface area contributed by atoms with Crippen molar-refractivity contribution in [1.82, 2.24) is 9.80 Å². The molecule has 13 heteroatoms. The summed E-state index contributed by atoms with van der Waals surface area (Å²) in [6.07, 6.45) is 1.08. The van der Waals surface area contributed by atoms with Gasteiger partial charge < -0.3 is 52.4 Å². The Kier molecular flexibility index (Phi) is 19.8. The number of carbonyl (C=O) groups is 2. The molecule has 0 N–H and O–H groups in total. The van der Waals surface area contributed by atoms with E-state index in [1.807, 2.05) is 0 Å². The van der Waals surface area contributed by atoms with Crippen LogP contribution in [-0.4, -0.2) is 166 Å². The number of fused-ring (bicyclic) bond motifs is 9. The lowest BCUT2D eigenvalue weighted by atomic mass is 10.4. The van der Waals surface area contributed by atoms with Crippen LogP contribution < -0.4 is 0 Å². The van der Waals surface area contributed by atoms with Crippen molar-refractivity contribution in [3.63, 3.8) is 0 Å². The summed E-state index contributed by atoms with van der Waals surface area (Å²) in [4.78, 5) is 29.2. The van der Waals surface area contributed by atoms with E-state index in [1.165, 1.54) is 0 Å². The molecule has 2 aliphatic rings. The molecule has 2 amide bonds. The molecule has 0 aromatic rings. The summed E-state index contributed by atoms with van der Waals surface area (Å²) in [5, 5.41) is 0. The standard InChI is InChI=1S/C26H46N2O11/c1-2-7-37-20-24-21-38-22-25(29)27-3-8-31-12-16-35-18-14-33-10-5-28(26(30)23-39-24)6-11-34-15-19-36-17-13-32-9-4-27/h2,24H,1,3-23H2. The van der Waals surface area contributed by atoms with Crippen molar-refractivity contribution < 1.29 is 52.2 Å².